The van der Waals surface area contributed by atoms with Crippen LogP contribution < -0.4 is 5.69 Å². The van der Waals surface area contributed by atoms with Crippen molar-refractivity contribution in [3.05, 3.63) is 22.0 Å². The first-order valence-electron chi connectivity index (χ1n) is 6.06. The molecule has 106 valence electrons. The summed E-state index contributed by atoms with van der Waals surface area (Å²) in [5.74, 6) is 0. The average Bonchev–Trinajstić information content (AvgIpc) is 2.95. The number of amides is 1. The molecule has 0 aliphatic carbocycles. The molecule has 1 unspecified atom stereocenters. The number of likely N-dealkylation sites (tertiary alicyclic amines) is 1. The number of imidazole rings is 1. The molecule has 1 aliphatic rings. The Morgan fingerprint density at radius 2 is 2.30 bits per heavy atom. The lowest BCUT2D eigenvalue weighted by molar-refractivity contribution is 0.154. The van der Waals surface area contributed by atoms with Gasteiger partial charge in [-0.2, -0.15) is 4.98 Å². The molecule has 0 radical (unpaired) electrons. The van der Waals surface area contributed by atoms with Gasteiger partial charge in [-0.3, -0.25) is 9.13 Å². The number of aryl methyl sites for hydroxylation is 1. The summed E-state index contributed by atoms with van der Waals surface area (Å²) in [5, 5.41) is 9.06. The molecular weight excluding hydrogens is 286 g/mol. The van der Waals surface area contributed by atoms with Crippen molar-refractivity contribution in [2.45, 2.75) is 12.5 Å². The zero-order valence-corrected chi connectivity index (χ0v) is 11.4. The minimum absolute atomic E-state index is 0.0601. The van der Waals surface area contributed by atoms with Crippen LogP contribution in [0.15, 0.2) is 11.0 Å². The predicted molar refractivity (Wildman–Crippen MR) is 71.0 cm³/mol. The molecule has 3 heterocycles. The van der Waals surface area contributed by atoms with E-state index in [1.165, 1.54) is 20.2 Å². The fourth-order valence-corrected chi connectivity index (χ4v) is 2.70. The Labute approximate surface area is 118 Å². The molecule has 1 N–H and O–H groups in total. The Morgan fingerprint density at radius 3 is 2.95 bits per heavy atom. The van der Waals surface area contributed by atoms with Crippen LogP contribution in [0.25, 0.3) is 11.2 Å². The van der Waals surface area contributed by atoms with Gasteiger partial charge in [0.15, 0.2) is 5.65 Å². The minimum atomic E-state index is -0.978. The molecule has 2 aromatic rings. The molecule has 2 aromatic heterocycles. The maximum absolute atomic E-state index is 12.3. The molecule has 0 spiro atoms. The van der Waals surface area contributed by atoms with Gasteiger partial charge in [0.05, 0.1) is 12.2 Å². The Morgan fingerprint density at radius 1 is 1.55 bits per heavy atom. The summed E-state index contributed by atoms with van der Waals surface area (Å²) < 4.78 is 2.95. The number of nitrogens with zero attached hydrogens (tertiary/aromatic N) is 5. The van der Waals surface area contributed by atoms with Gasteiger partial charge in [0.25, 0.3) is 0 Å². The van der Waals surface area contributed by atoms with E-state index in [4.69, 9.17) is 16.7 Å². The molecule has 1 amide bonds. The maximum atomic E-state index is 12.3. The van der Waals surface area contributed by atoms with Gasteiger partial charge in [0, 0.05) is 20.1 Å². The van der Waals surface area contributed by atoms with E-state index in [1.54, 1.807) is 7.05 Å². The van der Waals surface area contributed by atoms with Crippen molar-refractivity contribution < 1.29 is 9.90 Å². The fraction of sp³-hybridized carbons (Fsp3) is 0.455. The highest BCUT2D eigenvalue weighted by Crippen LogP contribution is 2.24. The molecule has 9 heteroatoms. The minimum Gasteiger partial charge on any atom is -0.465 e. The van der Waals surface area contributed by atoms with Gasteiger partial charge in [-0.05, 0) is 18.0 Å². The Balaban J connectivity index is 2.12. The number of hydrogen-bond donors (Lipinski definition) is 1. The van der Waals surface area contributed by atoms with Crippen molar-refractivity contribution in [1.82, 2.24) is 24.0 Å². The topological polar surface area (TPSA) is 93.2 Å². The van der Waals surface area contributed by atoms with Crippen LogP contribution in [-0.4, -0.2) is 48.3 Å². The normalized spacial score (nSPS) is 18.9. The van der Waals surface area contributed by atoms with E-state index in [1.807, 2.05) is 0 Å². The number of carboxylic acid groups (broad SMARTS) is 1. The summed E-state index contributed by atoms with van der Waals surface area (Å²) in [7, 11) is 1.63. The molecule has 8 nitrogen and oxygen atoms in total. The van der Waals surface area contributed by atoms with Crippen molar-refractivity contribution in [2.24, 2.45) is 7.05 Å². The molecule has 1 atom stereocenters. The molecule has 1 fully saturated rings. The summed E-state index contributed by atoms with van der Waals surface area (Å²) in [6, 6.07) is -0.228. The van der Waals surface area contributed by atoms with Gasteiger partial charge in [-0.15, -0.1) is 0 Å². The summed E-state index contributed by atoms with van der Waals surface area (Å²) in [5.41, 5.74) is 0.775. The standard InChI is InChI=1S/C11H12ClN5O3/c1-15-7-4-13-9(12)14-8(7)17(10(15)18)6-2-3-16(5-6)11(19)20/h4,6H,2-3,5H2,1H3,(H,19,20). The number of aromatic nitrogens is 4. The van der Waals surface area contributed by atoms with E-state index in [0.717, 1.165) is 0 Å². The highest BCUT2D eigenvalue weighted by molar-refractivity contribution is 6.28. The Kier molecular flexibility index (Phi) is 2.89. The van der Waals surface area contributed by atoms with Crippen molar-refractivity contribution in [3.63, 3.8) is 0 Å². The van der Waals surface area contributed by atoms with Gasteiger partial charge >= 0.3 is 11.8 Å². The van der Waals surface area contributed by atoms with Crippen LogP contribution in [0.1, 0.15) is 12.5 Å². The molecule has 3 rings (SSSR count). The van der Waals surface area contributed by atoms with Gasteiger partial charge in [-0.1, -0.05) is 0 Å². The molecular formula is C11H12ClN5O3. The second kappa shape index (κ2) is 4.48. The summed E-state index contributed by atoms with van der Waals surface area (Å²) in [6.45, 7) is 0.678. The summed E-state index contributed by atoms with van der Waals surface area (Å²) >= 11 is 5.79. The van der Waals surface area contributed by atoms with Crippen molar-refractivity contribution in [2.75, 3.05) is 13.1 Å². The third-order valence-electron chi connectivity index (χ3n) is 3.60. The van der Waals surface area contributed by atoms with E-state index >= 15 is 0 Å². The van der Waals surface area contributed by atoms with Crippen LogP contribution >= 0.6 is 11.6 Å². The molecule has 0 saturated carbocycles. The van der Waals surface area contributed by atoms with Crippen LogP contribution in [0, 0.1) is 0 Å². The van der Waals surface area contributed by atoms with Gasteiger partial charge < -0.3 is 10.0 Å². The smallest absolute Gasteiger partial charge is 0.407 e. The average molecular weight is 298 g/mol. The molecule has 0 bridgehead atoms. The predicted octanol–water partition coefficient (Wildman–Crippen LogP) is 0.708. The van der Waals surface area contributed by atoms with Crippen LogP contribution in [0.2, 0.25) is 5.28 Å². The summed E-state index contributed by atoms with van der Waals surface area (Å²) in [4.78, 5) is 32.5. The van der Waals surface area contributed by atoms with E-state index in [0.29, 0.717) is 24.1 Å². The Hall–Kier alpha value is -2.09. The summed E-state index contributed by atoms with van der Waals surface area (Å²) in [6.07, 6.45) is 1.09. The third kappa shape index (κ3) is 1.83. The zero-order chi connectivity index (χ0) is 14.4. The third-order valence-corrected chi connectivity index (χ3v) is 3.78. The monoisotopic (exact) mass is 297 g/mol. The first-order valence-corrected chi connectivity index (χ1v) is 6.44. The van der Waals surface area contributed by atoms with E-state index in [2.05, 4.69) is 9.97 Å². The van der Waals surface area contributed by atoms with Crippen molar-refractivity contribution >= 4 is 28.9 Å². The fourth-order valence-electron chi connectivity index (χ4n) is 2.57. The van der Waals surface area contributed by atoms with Crippen molar-refractivity contribution in [1.29, 1.82) is 0 Å². The van der Waals surface area contributed by atoms with Gasteiger partial charge in [0.2, 0.25) is 5.28 Å². The van der Waals surface area contributed by atoms with Crippen LogP contribution in [0.3, 0.4) is 0 Å². The number of rotatable bonds is 1. The van der Waals surface area contributed by atoms with Crippen LogP contribution in [0.4, 0.5) is 4.79 Å². The van der Waals surface area contributed by atoms with E-state index in [9.17, 15) is 9.59 Å². The van der Waals surface area contributed by atoms with Gasteiger partial charge in [-0.25, -0.2) is 14.6 Å². The molecule has 1 saturated heterocycles. The zero-order valence-electron chi connectivity index (χ0n) is 10.7. The maximum Gasteiger partial charge on any atom is 0.407 e. The quantitative estimate of drug-likeness (QED) is 0.782. The van der Waals surface area contributed by atoms with Crippen molar-refractivity contribution in [3.8, 4) is 0 Å². The first-order chi connectivity index (χ1) is 9.49. The lowest BCUT2D eigenvalue weighted by Crippen LogP contribution is -2.30. The second-order valence-corrected chi connectivity index (χ2v) is 5.07. The highest BCUT2D eigenvalue weighted by Gasteiger charge is 2.30. The van der Waals surface area contributed by atoms with E-state index in [-0.39, 0.29) is 23.6 Å². The SMILES string of the molecule is Cn1c(=O)n(C2CCN(C(=O)O)C2)c2nc(Cl)ncc21. The Bertz CT molecular complexity index is 752. The van der Waals surface area contributed by atoms with E-state index < -0.39 is 6.09 Å². The lowest BCUT2D eigenvalue weighted by atomic mass is 10.2. The number of halogens is 1. The highest BCUT2D eigenvalue weighted by atomic mass is 35.5. The molecule has 0 aromatic carbocycles. The molecule has 20 heavy (non-hydrogen) atoms. The largest absolute Gasteiger partial charge is 0.465 e. The van der Waals surface area contributed by atoms with Crippen LogP contribution in [0.5, 0.6) is 0 Å². The second-order valence-electron chi connectivity index (χ2n) is 4.73. The lowest BCUT2D eigenvalue weighted by Gasteiger charge is -2.13. The number of carbonyl (C=O) groups is 1. The number of fused-ring (bicyclic) bond motifs is 1. The van der Waals surface area contributed by atoms with Gasteiger partial charge in [0.1, 0.15) is 5.52 Å². The first kappa shape index (κ1) is 12.9. The van der Waals surface area contributed by atoms with Crippen LogP contribution in [-0.2, 0) is 7.05 Å². The number of hydrogen-bond acceptors (Lipinski definition) is 4. The molecule has 1 aliphatic heterocycles.